The van der Waals surface area contributed by atoms with Gasteiger partial charge >= 0.3 is 0 Å². The van der Waals surface area contributed by atoms with Crippen molar-refractivity contribution in [1.29, 1.82) is 0 Å². The van der Waals surface area contributed by atoms with Crippen LogP contribution in [0.1, 0.15) is 23.3 Å². The van der Waals surface area contributed by atoms with E-state index >= 15 is 0 Å². The highest BCUT2D eigenvalue weighted by Gasteiger charge is 2.16. The number of ether oxygens (including phenoxy) is 2. The molecule has 20 heavy (non-hydrogen) atoms. The van der Waals surface area contributed by atoms with Gasteiger partial charge in [-0.2, -0.15) is 5.10 Å². The third-order valence-corrected chi connectivity index (χ3v) is 3.11. The molecule has 0 spiro atoms. The third kappa shape index (κ3) is 2.91. The number of benzene rings is 1. The molecule has 2 rings (SSSR count). The van der Waals surface area contributed by atoms with Crippen LogP contribution in [0, 0.1) is 13.8 Å². The average Bonchev–Trinajstić information content (AvgIpc) is 2.75. The molecule has 108 valence electrons. The van der Waals surface area contributed by atoms with Crippen LogP contribution in [0.4, 0.5) is 0 Å². The second-order valence-corrected chi connectivity index (χ2v) is 4.51. The fraction of sp³-hybridized carbons (Fsp3) is 0.429. The van der Waals surface area contributed by atoms with Crippen LogP contribution < -0.4 is 9.47 Å². The molecule has 6 heteroatoms. The smallest absolute Gasteiger partial charge is 0.147 e. The highest BCUT2D eigenvalue weighted by atomic mass is 16.5. The highest BCUT2D eigenvalue weighted by Crippen LogP contribution is 2.30. The van der Waals surface area contributed by atoms with Crippen LogP contribution >= 0.6 is 0 Å². The van der Waals surface area contributed by atoms with Crippen molar-refractivity contribution >= 4 is 0 Å². The van der Waals surface area contributed by atoms with Crippen LogP contribution in [0.15, 0.2) is 18.2 Å². The van der Waals surface area contributed by atoms with Gasteiger partial charge in [0.1, 0.15) is 29.3 Å². The number of aromatic nitrogens is 3. The summed E-state index contributed by atoms with van der Waals surface area (Å²) in [4.78, 5) is 4.22. The zero-order chi connectivity index (χ0) is 14.7. The highest BCUT2D eigenvalue weighted by molar-refractivity contribution is 5.41. The van der Waals surface area contributed by atoms with E-state index in [1.807, 2.05) is 13.8 Å². The Bertz CT molecular complexity index is 595. The van der Waals surface area contributed by atoms with Crippen LogP contribution in [-0.4, -0.2) is 34.1 Å². The van der Waals surface area contributed by atoms with E-state index < -0.39 is 6.10 Å². The van der Waals surface area contributed by atoms with Gasteiger partial charge in [0.25, 0.3) is 0 Å². The molecule has 0 aliphatic rings. The molecule has 0 amide bonds. The number of aliphatic hydroxyl groups excluding tert-OH is 1. The van der Waals surface area contributed by atoms with Crippen molar-refractivity contribution in [2.45, 2.75) is 26.5 Å². The molecule has 6 nitrogen and oxygen atoms in total. The number of methoxy groups -OCH3 is 2. The Morgan fingerprint density at radius 3 is 2.55 bits per heavy atom. The maximum absolute atomic E-state index is 10.4. The topological polar surface area (TPSA) is 69.4 Å². The van der Waals surface area contributed by atoms with Crippen LogP contribution in [0.25, 0.3) is 0 Å². The molecule has 0 saturated heterocycles. The number of hydrogen-bond donors (Lipinski definition) is 1. The normalized spacial score (nSPS) is 12.2. The first kappa shape index (κ1) is 14.3. The zero-order valence-electron chi connectivity index (χ0n) is 12.1. The van der Waals surface area contributed by atoms with Crippen molar-refractivity contribution in [3.05, 3.63) is 35.4 Å². The summed E-state index contributed by atoms with van der Waals surface area (Å²) in [6.07, 6.45) is -0.726. The van der Waals surface area contributed by atoms with E-state index in [1.165, 1.54) is 0 Å². The predicted octanol–water partition coefficient (Wildman–Crippen LogP) is 1.65. The van der Waals surface area contributed by atoms with Gasteiger partial charge in [-0.3, -0.25) is 0 Å². The monoisotopic (exact) mass is 277 g/mol. The molecule has 2 aromatic rings. The van der Waals surface area contributed by atoms with E-state index in [-0.39, 0.29) is 0 Å². The molecule has 0 fully saturated rings. The van der Waals surface area contributed by atoms with Gasteiger partial charge in [-0.1, -0.05) is 0 Å². The number of nitrogens with zero attached hydrogens (tertiary/aromatic N) is 3. The second kappa shape index (κ2) is 5.92. The zero-order valence-corrected chi connectivity index (χ0v) is 12.1. The van der Waals surface area contributed by atoms with E-state index in [4.69, 9.17) is 9.47 Å². The van der Waals surface area contributed by atoms with Crippen molar-refractivity contribution in [3.8, 4) is 11.5 Å². The van der Waals surface area contributed by atoms with Gasteiger partial charge in [0.15, 0.2) is 0 Å². The molecule has 0 aliphatic heterocycles. The quantitative estimate of drug-likeness (QED) is 0.900. The minimum absolute atomic E-state index is 0.329. The fourth-order valence-electron chi connectivity index (χ4n) is 2.09. The molecule has 1 atom stereocenters. The van der Waals surface area contributed by atoms with Crippen LogP contribution in [-0.2, 0) is 6.54 Å². The van der Waals surface area contributed by atoms with E-state index in [1.54, 1.807) is 37.1 Å². The maximum atomic E-state index is 10.4. The Morgan fingerprint density at radius 2 is 2.00 bits per heavy atom. The van der Waals surface area contributed by atoms with Gasteiger partial charge in [0.2, 0.25) is 0 Å². The molecule has 0 radical (unpaired) electrons. The molecular formula is C14H19N3O3. The summed E-state index contributed by atoms with van der Waals surface area (Å²) >= 11 is 0. The van der Waals surface area contributed by atoms with Crippen molar-refractivity contribution in [3.63, 3.8) is 0 Å². The lowest BCUT2D eigenvalue weighted by Crippen LogP contribution is -2.12. The SMILES string of the molecule is COc1ccc(C(O)Cn2nc(C)nc2C)c(OC)c1. The van der Waals surface area contributed by atoms with Crippen molar-refractivity contribution in [2.75, 3.05) is 14.2 Å². The minimum Gasteiger partial charge on any atom is -0.497 e. The predicted molar refractivity (Wildman–Crippen MR) is 74.0 cm³/mol. The third-order valence-electron chi connectivity index (χ3n) is 3.11. The van der Waals surface area contributed by atoms with Gasteiger partial charge in [0.05, 0.1) is 20.8 Å². The summed E-state index contributed by atoms with van der Waals surface area (Å²) in [5, 5.41) is 14.6. The van der Waals surface area contributed by atoms with Crippen LogP contribution in [0.2, 0.25) is 0 Å². The summed E-state index contributed by atoms with van der Waals surface area (Å²) in [6, 6.07) is 5.33. The second-order valence-electron chi connectivity index (χ2n) is 4.51. The molecule has 1 aromatic heterocycles. The Morgan fingerprint density at radius 1 is 1.25 bits per heavy atom. The van der Waals surface area contributed by atoms with E-state index in [2.05, 4.69) is 10.1 Å². The van der Waals surface area contributed by atoms with Crippen LogP contribution in [0.5, 0.6) is 11.5 Å². The number of aliphatic hydroxyl groups is 1. The van der Waals surface area contributed by atoms with Crippen molar-refractivity contribution in [1.82, 2.24) is 14.8 Å². The van der Waals surface area contributed by atoms with Gasteiger partial charge in [-0.05, 0) is 26.0 Å². The van der Waals surface area contributed by atoms with Crippen LogP contribution in [0.3, 0.4) is 0 Å². The first-order chi connectivity index (χ1) is 9.55. The lowest BCUT2D eigenvalue weighted by atomic mass is 10.1. The summed E-state index contributed by atoms with van der Waals surface area (Å²) in [7, 11) is 3.16. The maximum Gasteiger partial charge on any atom is 0.147 e. The van der Waals surface area contributed by atoms with Gasteiger partial charge in [-0.25, -0.2) is 9.67 Å². The average molecular weight is 277 g/mol. The fourth-order valence-corrected chi connectivity index (χ4v) is 2.09. The molecular weight excluding hydrogens is 258 g/mol. The first-order valence-electron chi connectivity index (χ1n) is 6.33. The standard InChI is InChI=1S/C14H19N3O3/c1-9-15-10(2)17(16-9)8-13(18)12-6-5-11(19-3)7-14(12)20-4/h5-7,13,18H,8H2,1-4H3. The summed E-state index contributed by atoms with van der Waals surface area (Å²) in [5.41, 5.74) is 0.695. The Labute approximate surface area is 118 Å². The van der Waals surface area contributed by atoms with E-state index in [9.17, 15) is 5.11 Å². The molecule has 0 aliphatic carbocycles. The Hall–Kier alpha value is -2.08. The number of rotatable bonds is 5. The van der Waals surface area contributed by atoms with E-state index in [0.29, 0.717) is 29.4 Å². The molecule has 1 N–H and O–H groups in total. The Kier molecular flexibility index (Phi) is 4.24. The summed E-state index contributed by atoms with van der Waals surface area (Å²) < 4.78 is 12.1. The van der Waals surface area contributed by atoms with Gasteiger partial charge < -0.3 is 14.6 Å². The molecule has 1 unspecified atom stereocenters. The molecule has 1 heterocycles. The summed E-state index contributed by atoms with van der Waals surface area (Å²) in [6.45, 7) is 4.01. The summed E-state index contributed by atoms with van der Waals surface area (Å²) in [5.74, 6) is 2.74. The molecule has 0 saturated carbocycles. The number of hydrogen-bond acceptors (Lipinski definition) is 5. The number of aryl methyl sites for hydroxylation is 2. The lowest BCUT2D eigenvalue weighted by Gasteiger charge is -2.16. The van der Waals surface area contributed by atoms with E-state index in [0.717, 1.165) is 5.82 Å². The first-order valence-corrected chi connectivity index (χ1v) is 6.33. The lowest BCUT2D eigenvalue weighted by molar-refractivity contribution is 0.146. The van der Waals surface area contributed by atoms with Crippen molar-refractivity contribution in [2.24, 2.45) is 0 Å². The largest absolute Gasteiger partial charge is 0.497 e. The Balaban J connectivity index is 2.24. The molecule has 0 bridgehead atoms. The minimum atomic E-state index is -0.726. The van der Waals surface area contributed by atoms with Crippen molar-refractivity contribution < 1.29 is 14.6 Å². The van der Waals surface area contributed by atoms with Gasteiger partial charge in [0, 0.05) is 11.6 Å². The van der Waals surface area contributed by atoms with Gasteiger partial charge in [-0.15, -0.1) is 0 Å². The molecule has 1 aromatic carbocycles.